The number of nitrogens with zero attached hydrogens (tertiary/aromatic N) is 3. The molecule has 31 heavy (non-hydrogen) atoms. The Bertz CT molecular complexity index is 1070. The van der Waals surface area contributed by atoms with Gasteiger partial charge in [-0.25, -0.2) is 8.42 Å². The van der Waals surface area contributed by atoms with E-state index in [9.17, 15) is 23.3 Å². The molecule has 3 rings (SSSR count). The van der Waals surface area contributed by atoms with E-state index in [1.165, 1.54) is 16.6 Å². The lowest BCUT2D eigenvalue weighted by Gasteiger charge is -2.30. The van der Waals surface area contributed by atoms with Crippen molar-refractivity contribution in [3.8, 4) is 0 Å². The highest BCUT2D eigenvalue weighted by Crippen LogP contribution is 2.28. The monoisotopic (exact) mass is 446 g/mol. The quantitative estimate of drug-likeness (QED) is 0.555. The molecule has 1 fully saturated rings. The second kappa shape index (κ2) is 8.72. The normalized spacial score (nSPS) is 16.1. The molecular weight excluding hydrogens is 420 g/mol. The summed E-state index contributed by atoms with van der Waals surface area (Å²) in [5, 5.41) is 13.7. The van der Waals surface area contributed by atoms with Crippen LogP contribution in [0.1, 0.15) is 39.2 Å². The predicted octanol–water partition coefficient (Wildman–Crippen LogP) is 3.33. The molecule has 0 spiro atoms. The molecule has 0 saturated carbocycles. The summed E-state index contributed by atoms with van der Waals surface area (Å²) in [7, 11) is -3.65. The second-order valence-electron chi connectivity index (χ2n) is 8.59. The van der Waals surface area contributed by atoms with Crippen molar-refractivity contribution in [2.75, 3.05) is 18.4 Å². The van der Waals surface area contributed by atoms with Crippen LogP contribution < -0.4 is 5.32 Å². The Hall–Kier alpha value is -2.85. The molecule has 2 aromatic rings. The van der Waals surface area contributed by atoms with E-state index in [4.69, 9.17) is 0 Å². The molecule has 1 N–H and O–H groups in total. The van der Waals surface area contributed by atoms with Crippen molar-refractivity contribution in [1.82, 2.24) is 9.29 Å². The first-order valence-corrected chi connectivity index (χ1v) is 11.4. The fourth-order valence-corrected chi connectivity index (χ4v) is 4.98. The number of piperidine rings is 1. The number of carbonyl (C=O) groups is 1. The van der Waals surface area contributed by atoms with E-state index < -0.39 is 20.9 Å². The zero-order valence-corrected chi connectivity index (χ0v) is 18.6. The van der Waals surface area contributed by atoms with Crippen molar-refractivity contribution in [1.29, 1.82) is 0 Å². The summed E-state index contributed by atoms with van der Waals surface area (Å²) < 4.78 is 27.3. The number of aromatic nitrogens is 1. The number of rotatable bonds is 5. The molecule has 1 aromatic heterocycles. The van der Waals surface area contributed by atoms with Crippen molar-refractivity contribution >= 4 is 27.3 Å². The van der Waals surface area contributed by atoms with Gasteiger partial charge in [-0.15, -0.1) is 0 Å². The minimum Gasteiger partial charge on any atom is -0.320 e. The van der Waals surface area contributed by atoms with Gasteiger partial charge in [-0.1, -0.05) is 32.9 Å². The smallest absolute Gasteiger partial charge is 0.310 e. The van der Waals surface area contributed by atoms with Crippen molar-refractivity contribution in [3.63, 3.8) is 0 Å². The van der Waals surface area contributed by atoms with Gasteiger partial charge in [-0.3, -0.25) is 19.9 Å². The van der Waals surface area contributed by atoms with E-state index in [0.29, 0.717) is 12.8 Å². The van der Waals surface area contributed by atoms with Crippen LogP contribution >= 0.6 is 0 Å². The summed E-state index contributed by atoms with van der Waals surface area (Å²) in [5.74, 6) is -0.789. The number of hydrogen-bond acceptors (Lipinski definition) is 6. The van der Waals surface area contributed by atoms with Gasteiger partial charge in [0, 0.05) is 25.2 Å². The Morgan fingerprint density at radius 2 is 1.77 bits per heavy atom. The van der Waals surface area contributed by atoms with Crippen LogP contribution in [0.25, 0.3) is 0 Å². The molecule has 1 aliphatic heterocycles. The van der Waals surface area contributed by atoms with Crippen LogP contribution in [-0.4, -0.2) is 41.6 Å². The number of anilines is 1. The SMILES string of the molecule is CC(C)(C)c1ccc(S(=O)(=O)N2CCC(C(=O)Nc3ccncc3[N+](=O)[O-])CC2)cc1. The van der Waals surface area contributed by atoms with Crippen LogP contribution in [0.2, 0.25) is 0 Å². The second-order valence-corrected chi connectivity index (χ2v) is 10.5. The number of carbonyl (C=O) groups excluding carboxylic acids is 1. The lowest BCUT2D eigenvalue weighted by Crippen LogP contribution is -2.41. The Labute approximate surface area is 181 Å². The third-order valence-electron chi connectivity index (χ3n) is 5.44. The first kappa shape index (κ1) is 22.8. The molecule has 1 aromatic carbocycles. The zero-order chi connectivity index (χ0) is 22.8. The van der Waals surface area contributed by atoms with E-state index in [2.05, 4.69) is 31.1 Å². The number of pyridine rings is 1. The first-order valence-electron chi connectivity index (χ1n) is 10.00. The van der Waals surface area contributed by atoms with Crippen molar-refractivity contribution in [2.24, 2.45) is 5.92 Å². The van der Waals surface area contributed by atoms with E-state index in [0.717, 1.165) is 11.8 Å². The Morgan fingerprint density at radius 3 is 2.32 bits per heavy atom. The van der Waals surface area contributed by atoms with E-state index in [-0.39, 0.29) is 40.7 Å². The highest BCUT2D eigenvalue weighted by Gasteiger charge is 2.33. The highest BCUT2D eigenvalue weighted by molar-refractivity contribution is 7.89. The van der Waals surface area contributed by atoms with Gasteiger partial charge in [0.25, 0.3) is 0 Å². The molecule has 0 atom stereocenters. The molecule has 2 heterocycles. The maximum Gasteiger partial charge on any atom is 0.310 e. The van der Waals surface area contributed by atoms with Crippen molar-refractivity contribution in [3.05, 3.63) is 58.4 Å². The summed E-state index contributed by atoms with van der Waals surface area (Å²) in [5.41, 5.74) is 0.776. The third kappa shape index (κ3) is 5.08. The molecule has 0 unspecified atom stereocenters. The van der Waals surface area contributed by atoms with E-state index >= 15 is 0 Å². The van der Waals surface area contributed by atoms with Gasteiger partial charge in [0.2, 0.25) is 15.9 Å². The van der Waals surface area contributed by atoms with Crippen molar-refractivity contribution < 1.29 is 18.1 Å². The Kier molecular flexibility index (Phi) is 6.42. The number of nitrogens with one attached hydrogen (secondary N) is 1. The molecule has 1 aliphatic rings. The topological polar surface area (TPSA) is 123 Å². The average Bonchev–Trinajstić information content (AvgIpc) is 2.73. The largest absolute Gasteiger partial charge is 0.320 e. The molecule has 166 valence electrons. The van der Waals surface area contributed by atoms with Gasteiger partial charge in [0.1, 0.15) is 11.9 Å². The third-order valence-corrected chi connectivity index (χ3v) is 7.35. The summed E-state index contributed by atoms with van der Waals surface area (Å²) >= 11 is 0. The van der Waals surface area contributed by atoms with Crippen LogP contribution in [0.5, 0.6) is 0 Å². The van der Waals surface area contributed by atoms with Crippen LogP contribution in [0, 0.1) is 16.0 Å². The highest BCUT2D eigenvalue weighted by atomic mass is 32.2. The van der Waals surface area contributed by atoms with Crippen LogP contribution in [0.4, 0.5) is 11.4 Å². The maximum atomic E-state index is 13.0. The summed E-state index contributed by atoms with van der Waals surface area (Å²) in [4.78, 5) is 27.0. The number of amides is 1. The predicted molar refractivity (Wildman–Crippen MR) is 116 cm³/mol. The fourth-order valence-electron chi connectivity index (χ4n) is 3.51. The zero-order valence-electron chi connectivity index (χ0n) is 17.7. The van der Waals surface area contributed by atoms with Gasteiger partial charge in [-0.05, 0) is 42.0 Å². The molecule has 0 bridgehead atoms. The number of hydrogen-bond donors (Lipinski definition) is 1. The minimum atomic E-state index is -3.65. The van der Waals surface area contributed by atoms with Gasteiger partial charge in [-0.2, -0.15) is 4.31 Å². The lowest BCUT2D eigenvalue weighted by atomic mass is 9.87. The molecule has 9 nitrogen and oxygen atoms in total. The minimum absolute atomic E-state index is 0.0715. The van der Waals surface area contributed by atoms with Crippen LogP contribution in [0.15, 0.2) is 47.6 Å². The molecule has 1 saturated heterocycles. The van der Waals surface area contributed by atoms with Crippen LogP contribution in [0.3, 0.4) is 0 Å². The van der Waals surface area contributed by atoms with Gasteiger partial charge < -0.3 is 5.32 Å². The summed E-state index contributed by atoms with van der Waals surface area (Å²) in [6, 6.07) is 8.27. The molecule has 0 aliphatic carbocycles. The Balaban J connectivity index is 1.65. The lowest BCUT2D eigenvalue weighted by molar-refractivity contribution is -0.384. The van der Waals surface area contributed by atoms with Crippen molar-refractivity contribution in [2.45, 2.75) is 43.9 Å². The maximum absolute atomic E-state index is 13.0. The first-order chi connectivity index (χ1) is 14.5. The summed E-state index contributed by atoms with van der Waals surface area (Å²) in [6.45, 7) is 6.60. The standard InChI is InChI=1S/C21H26N4O5S/c1-21(2,3)16-4-6-17(7-5-16)31(29,30)24-12-9-15(10-13-24)20(26)23-18-8-11-22-14-19(18)25(27)28/h4-8,11,14-15H,9-10,12-13H2,1-3H3,(H,22,23,26). The average molecular weight is 447 g/mol. The number of sulfonamides is 1. The molecule has 10 heteroatoms. The van der Waals surface area contributed by atoms with Gasteiger partial charge in [0.05, 0.1) is 9.82 Å². The molecule has 1 amide bonds. The summed E-state index contributed by atoms with van der Waals surface area (Å²) in [6.07, 6.45) is 3.12. The fraction of sp³-hybridized carbons (Fsp3) is 0.429. The molecule has 0 radical (unpaired) electrons. The number of benzene rings is 1. The van der Waals surface area contributed by atoms with E-state index in [1.807, 2.05) is 12.1 Å². The van der Waals surface area contributed by atoms with Crippen LogP contribution in [-0.2, 0) is 20.2 Å². The van der Waals surface area contributed by atoms with E-state index in [1.54, 1.807) is 12.1 Å². The number of nitro groups is 1. The van der Waals surface area contributed by atoms with Gasteiger partial charge in [0.15, 0.2) is 0 Å². The Morgan fingerprint density at radius 1 is 1.16 bits per heavy atom. The van der Waals surface area contributed by atoms with Gasteiger partial charge >= 0.3 is 5.69 Å². The molecular formula is C21H26N4O5S.